The Labute approximate surface area is 130 Å². The molecule has 0 amide bonds. The molecule has 0 unspecified atom stereocenters. The fourth-order valence-corrected chi connectivity index (χ4v) is 2.56. The highest BCUT2D eigenvalue weighted by Gasteiger charge is 2.13. The van der Waals surface area contributed by atoms with Crippen molar-refractivity contribution in [2.75, 3.05) is 7.11 Å². The van der Waals surface area contributed by atoms with Crippen LogP contribution in [0.4, 0.5) is 0 Å². The van der Waals surface area contributed by atoms with Crippen molar-refractivity contribution in [3.05, 3.63) is 41.2 Å². The highest BCUT2D eigenvalue weighted by Crippen LogP contribution is 2.30. The van der Waals surface area contributed by atoms with E-state index in [1.807, 2.05) is 31.2 Å². The summed E-state index contributed by atoms with van der Waals surface area (Å²) < 4.78 is 10.7. The van der Waals surface area contributed by atoms with Crippen LogP contribution in [-0.4, -0.2) is 17.3 Å². The molecule has 4 heteroatoms. The molecule has 0 aliphatic rings. The second-order valence-electron chi connectivity index (χ2n) is 5.93. The van der Waals surface area contributed by atoms with Gasteiger partial charge in [0.05, 0.1) is 18.3 Å². The Bertz CT molecular complexity index is 834. The Balaban J connectivity index is 2.17. The maximum atomic E-state index is 5.39. The highest BCUT2D eigenvalue weighted by atomic mass is 16.5. The van der Waals surface area contributed by atoms with E-state index in [1.165, 1.54) is 0 Å². The van der Waals surface area contributed by atoms with Crippen LogP contribution in [0.1, 0.15) is 36.7 Å². The zero-order valence-electron chi connectivity index (χ0n) is 13.6. The largest absolute Gasteiger partial charge is 0.497 e. The minimum absolute atomic E-state index is 0.314. The van der Waals surface area contributed by atoms with E-state index in [0.717, 1.165) is 44.9 Å². The molecule has 22 heavy (non-hydrogen) atoms. The van der Waals surface area contributed by atoms with Crippen molar-refractivity contribution in [1.29, 1.82) is 0 Å². The normalized spacial score (nSPS) is 11.4. The Morgan fingerprint density at radius 3 is 2.41 bits per heavy atom. The third-order valence-electron chi connectivity index (χ3n) is 3.88. The lowest BCUT2D eigenvalue weighted by molar-refractivity contribution is 0.373. The molecule has 0 aliphatic heterocycles. The van der Waals surface area contributed by atoms with Crippen LogP contribution in [0, 0.1) is 13.8 Å². The molecule has 0 bridgehead atoms. The molecule has 0 fully saturated rings. The highest BCUT2D eigenvalue weighted by molar-refractivity contribution is 5.88. The van der Waals surface area contributed by atoms with Crippen molar-refractivity contribution in [1.82, 2.24) is 10.1 Å². The van der Waals surface area contributed by atoms with Gasteiger partial charge in [0.15, 0.2) is 0 Å². The summed E-state index contributed by atoms with van der Waals surface area (Å²) in [6.07, 6.45) is 0. The summed E-state index contributed by atoms with van der Waals surface area (Å²) in [4.78, 5) is 4.78. The summed E-state index contributed by atoms with van der Waals surface area (Å²) in [5, 5.41) is 5.26. The maximum Gasteiger partial charge on any atom is 0.139 e. The summed E-state index contributed by atoms with van der Waals surface area (Å²) in [5.41, 5.74) is 4.84. The first kappa shape index (κ1) is 14.6. The van der Waals surface area contributed by atoms with Crippen LogP contribution < -0.4 is 4.74 Å². The number of rotatable bonds is 3. The molecule has 0 N–H and O–H groups in total. The number of hydrogen-bond acceptors (Lipinski definition) is 4. The zero-order chi connectivity index (χ0) is 15.9. The maximum absolute atomic E-state index is 5.39. The zero-order valence-corrected chi connectivity index (χ0v) is 13.6. The van der Waals surface area contributed by atoms with Crippen molar-refractivity contribution in [2.24, 2.45) is 0 Å². The van der Waals surface area contributed by atoms with Gasteiger partial charge in [-0.15, -0.1) is 0 Å². The van der Waals surface area contributed by atoms with E-state index in [-0.39, 0.29) is 0 Å². The quantitative estimate of drug-likeness (QED) is 0.706. The van der Waals surface area contributed by atoms with E-state index >= 15 is 0 Å². The van der Waals surface area contributed by atoms with Gasteiger partial charge in [-0.25, -0.2) is 4.98 Å². The molecule has 0 radical (unpaired) electrons. The summed E-state index contributed by atoms with van der Waals surface area (Å²) >= 11 is 0. The number of hydrogen-bond donors (Lipinski definition) is 0. The Morgan fingerprint density at radius 2 is 1.77 bits per heavy atom. The van der Waals surface area contributed by atoms with Crippen LogP contribution in [0.3, 0.4) is 0 Å². The van der Waals surface area contributed by atoms with Crippen molar-refractivity contribution in [3.8, 4) is 17.1 Å². The molecule has 0 spiro atoms. The third kappa shape index (κ3) is 2.45. The van der Waals surface area contributed by atoms with Crippen molar-refractivity contribution in [3.63, 3.8) is 0 Å². The third-order valence-corrected chi connectivity index (χ3v) is 3.88. The van der Waals surface area contributed by atoms with E-state index in [4.69, 9.17) is 14.2 Å². The number of ether oxygens (including phenoxy) is 1. The molecule has 0 saturated carbocycles. The first-order chi connectivity index (χ1) is 10.5. The topological polar surface area (TPSA) is 48.2 Å². The van der Waals surface area contributed by atoms with E-state index in [1.54, 1.807) is 7.11 Å². The van der Waals surface area contributed by atoms with Gasteiger partial charge in [-0.2, -0.15) is 0 Å². The van der Waals surface area contributed by atoms with Crippen molar-refractivity contribution >= 4 is 10.9 Å². The second-order valence-corrected chi connectivity index (χ2v) is 5.93. The van der Waals surface area contributed by atoms with Gasteiger partial charge < -0.3 is 9.26 Å². The van der Waals surface area contributed by atoms with Crippen LogP contribution in [-0.2, 0) is 0 Å². The van der Waals surface area contributed by atoms with Crippen molar-refractivity contribution in [2.45, 2.75) is 33.6 Å². The predicted molar refractivity (Wildman–Crippen MR) is 87.4 cm³/mol. The van der Waals surface area contributed by atoms with E-state index < -0.39 is 0 Å². The van der Waals surface area contributed by atoms with E-state index in [2.05, 4.69) is 25.9 Å². The summed E-state index contributed by atoms with van der Waals surface area (Å²) in [6.45, 7) is 8.29. The van der Waals surface area contributed by atoms with Crippen molar-refractivity contribution < 1.29 is 9.26 Å². The molecule has 0 atom stereocenters. The second kappa shape index (κ2) is 5.44. The number of aryl methyl sites for hydroxylation is 2. The summed E-state index contributed by atoms with van der Waals surface area (Å²) in [7, 11) is 1.68. The number of pyridine rings is 1. The SMILES string of the molecule is COc1cc(C)c2nc(-c3cc(C(C)C)on3)cc(C)c2c1. The standard InChI is InChI=1S/C18H20N2O2/c1-10(2)17-9-16(20-22-17)15-7-11(3)14-8-13(21-5)6-12(4)18(14)19-15/h6-10H,1-5H3. The number of nitrogens with zero attached hydrogens (tertiary/aromatic N) is 2. The first-order valence-corrected chi connectivity index (χ1v) is 7.42. The van der Waals surface area contributed by atoms with Crippen LogP contribution in [0.5, 0.6) is 5.75 Å². The van der Waals surface area contributed by atoms with Gasteiger partial charge in [0, 0.05) is 17.4 Å². The molecule has 2 heterocycles. The van der Waals surface area contributed by atoms with Gasteiger partial charge in [0.2, 0.25) is 0 Å². The van der Waals surface area contributed by atoms with Gasteiger partial charge in [-0.1, -0.05) is 19.0 Å². The molecule has 2 aromatic heterocycles. The number of fused-ring (bicyclic) bond motifs is 1. The molecule has 3 rings (SSSR count). The average Bonchev–Trinajstić information content (AvgIpc) is 2.97. The van der Waals surface area contributed by atoms with Gasteiger partial charge >= 0.3 is 0 Å². The fraction of sp³-hybridized carbons (Fsp3) is 0.333. The lowest BCUT2D eigenvalue weighted by Gasteiger charge is -2.09. The van der Waals surface area contributed by atoms with Gasteiger partial charge in [-0.3, -0.25) is 0 Å². The molecule has 114 valence electrons. The minimum atomic E-state index is 0.314. The molecular weight excluding hydrogens is 276 g/mol. The lowest BCUT2D eigenvalue weighted by Crippen LogP contribution is -1.93. The fourth-order valence-electron chi connectivity index (χ4n) is 2.56. The van der Waals surface area contributed by atoms with Gasteiger partial charge in [0.25, 0.3) is 0 Å². The molecule has 0 aliphatic carbocycles. The first-order valence-electron chi connectivity index (χ1n) is 7.42. The molecule has 1 aromatic carbocycles. The monoisotopic (exact) mass is 296 g/mol. The predicted octanol–water partition coefficient (Wildman–Crippen LogP) is 4.64. The number of benzene rings is 1. The number of methoxy groups -OCH3 is 1. The number of aromatic nitrogens is 2. The average molecular weight is 296 g/mol. The van der Waals surface area contributed by atoms with Crippen LogP contribution in [0.2, 0.25) is 0 Å². The summed E-state index contributed by atoms with van der Waals surface area (Å²) in [6, 6.07) is 8.04. The van der Waals surface area contributed by atoms with Crippen LogP contribution >= 0.6 is 0 Å². The van der Waals surface area contributed by atoms with Gasteiger partial charge in [-0.05, 0) is 43.2 Å². The molecule has 3 aromatic rings. The van der Waals surface area contributed by atoms with Gasteiger partial charge in [0.1, 0.15) is 17.2 Å². The molecular formula is C18H20N2O2. The lowest BCUT2D eigenvalue weighted by atomic mass is 10.0. The summed E-state index contributed by atoms with van der Waals surface area (Å²) in [5.74, 6) is 2.04. The molecule has 4 nitrogen and oxygen atoms in total. The molecule has 0 saturated heterocycles. The van der Waals surface area contributed by atoms with E-state index in [9.17, 15) is 0 Å². The van der Waals surface area contributed by atoms with Crippen LogP contribution in [0.15, 0.2) is 28.8 Å². The van der Waals surface area contributed by atoms with E-state index in [0.29, 0.717) is 5.92 Å². The Morgan fingerprint density at radius 1 is 1.00 bits per heavy atom. The minimum Gasteiger partial charge on any atom is -0.497 e. The Kier molecular flexibility index (Phi) is 3.61. The Hall–Kier alpha value is -2.36. The smallest absolute Gasteiger partial charge is 0.139 e. The van der Waals surface area contributed by atoms with Crippen LogP contribution in [0.25, 0.3) is 22.3 Å².